The van der Waals surface area contributed by atoms with Crippen LogP contribution in [0.3, 0.4) is 0 Å². The van der Waals surface area contributed by atoms with E-state index in [2.05, 4.69) is 68.5 Å². The summed E-state index contributed by atoms with van der Waals surface area (Å²) in [6.07, 6.45) is 4.71. The normalized spacial score (nSPS) is 11.0. The Bertz CT molecular complexity index is 795. The lowest BCUT2D eigenvalue weighted by atomic mass is 9.92. The number of fused-ring (bicyclic) bond motifs is 1. The molecule has 3 rings (SSSR count). The minimum Gasteiger partial charge on any atom is -0.330 e. The van der Waals surface area contributed by atoms with Crippen LogP contribution in [-0.4, -0.2) is 14.4 Å². The lowest BCUT2D eigenvalue weighted by Crippen LogP contribution is -1.99. The van der Waals surface area contributed by atoms with Crippen LogP contribution >= 0.6 is 0 Å². The van der Waals surface area contributed by atoms with Crippen LogP contribution in [-0.2, 0) is 6.42 Å². The monoisotopic (exact) mass is 301 g/mol. The molecule has 1 nitrogen and oxygen atoms in total. The summed E-state index contributed by atoms with van der Waals surface area (Å²) in [5, 5.41) is 2.62. The van der Waals surface area contributed by atoms with E-state index in [4.69, 9.17) is 5.73 Å². The Kier molecular flexibility index (Phi) is 5.14. The molecule has 0 aromatic heterocycles. The smallest absolute Gasteiger partial charge is 0.139 e. The fourth-order valence-electron chi connectivity index (χ4n) is 3.10. The largest absolute Gasteiger partial charge is 0.330 e. The van der Waals surface area contributed by atoms with Gasteiger partial charge in [0.1, 0.15) is 7.85 Å². The van der Waals surface area contributed by atoms with E-state index in [0.717, 1.165) is 19.4 Å². The van der Waals surface area contributed by atoms with Crippen molar-refractivity contribution in [2.24, 2.45) is 5.73 Å². The van der Waals surface area contributed by atoms with Gasteiger partial charge < -0.3 is 5.73 Å². The minimum atomic E-state index is 0.802. The molecule has 0 atom stereocenters. The highest BCUT2D eigenvalue weighted by Gasteiger charge is 2.02. The maximum atomic E-state index is 5.56. The van der Waals surface area contributed by atoms with Gasteiger partial charge in [-0.25, -0.2) is 0 Å². The van der Waals surface area contributed by atoms with E-state index in [1.54, 1.807) is 0 Å². The van der Waals surface area contributed by atoms with Gasteiger partial charge in [-0.3, -0.25) is 0 Å². The molecule has 0 aliphatic carbocycles. The Morgan fingerprint density at radius 3 is 2.43 bits per heavy atom. The van der Waals surface area contributed by atoms with E-state index in [9.17, 15) is 0 Å². The predicted molar refractivity (Wildman–Crippen MR) is 104 cm³/mol. The van der Waals surface area contributed by atoms with Crippen LogP contribution < -0.4 is 11.2 Å². The number of rotatable bonds is 6. The Morgan fingerprint density at radius 2 is 1.57 bits per heavy atom. The number of nitrogens with two attached hydrogens (primary N) is 1. The molecule has 23 heavy (non-hydrogen) atoms. The van der Waals surface area contributed by atoms with Gasteiger partial charge in [-0.15, -0.1) is 0 Å². The zero-order chi connectivity index (χ0) is 16.1. The van der Waals surface area contributed by atoms with E-state index in [-0.39, 0.29) is 0 Å². The van der Waals surface area contributed by atoms with E-state index >= 15 is 0 Å². The molecular weight excluding hydrogens is 277 g/mol. The standard InChI is InChI=1S/C21H24BN/c22-21-11-10-17-8-9-19(14-20(17)15-21)18-7-4-6-16(13-18)5-2-1-3-12-23/h4,6-11,13-15H,1-3,5,12,22-23H2. The van der Waals surface area contributed by atoms with Gasteiger partial charge in [-0.05, 0) is 59.3 Å². The van der Waals surface area contributed by atoms with Crippen LogP contribution in [0, 0.1) is 0 Å². The fraction of sp³-hybridized carbons (Fsp3) is 0.238. The summed E-state index contributed by atoms with van der Waals surface area (Å²) in [5.41, 5.74) is 10.9. The molecule has 2 N–H and O–H groups in total. The number of hydrogen-bond donors (Lipinski definition) is 1. The molecule has 0 saturated carbocycles. The minimum absolute atomic E-state index is 0.802. The maximum Gasteiger partial charge on any atom is 0.139 e. The molecule has 3 aromatic carbocycles. The number of hydrogen-bond acceptors (Lipinski definition) is 1. The second-order valence-corrected chi connectivity index (χ2v) is 6.37. The average molecular weight is 301 g/mol. The van der Waals surface area contributed by atoms with Crippen LogP contribution in [0.15, 0.2) is 60.7 Å². The third kappa shape index (κ3) is 4.03. The molecule has 0 unspecified atom stereocenters. The highest BCUT2D eigenvalue weighted by molar-refractivity contribution is 6.33. The molecule has 116 valence electrons. The second kappa shape index (κ2) is 7.48. The lowest BCUT2D eigenvalue weighted by Gasteiger charge is -2.08. The van der Waals surface area contributed by atoms with E-state index in [0.29, 0.717) is 0 Å². The topological polar surface area (TPSA) is 26.0 Å². The zero-order valence-electron chi connectivity index (χ0n) is 13.9. The molecule has 2 heteroatoms. The first-order valence-electron chi connectivity index (χ1n) is 8.56. The summed E-state index contributed by atoms with van der Waals surface area (Å²) >= 11 is 0. The molecule has 0 fully saturated rings. The van der Waals surface area contributed by atoms with Crippen LogP contribution in [0.25, 0.3) is 21.9 Å². The average Bonchev–Trinajstić information content (AvgIpc) is 2.58. The Hall–Kier alpha value is -2.06. The van der Waals surface area contributed by atoms with Gasteiger partial charge in [0.15, 0.2) is 0 Å². The van der Waals surface area contributed by atoms with Crippen LogP contribution in [0.1, 0.15) is 24.8 Å². The van der Waals surface area contributed by atoms with Crippen molar-refractivity contribution in [2.75, 3.05) is 6.54 Å². The lowest BCUT2D eigenvalue weighted by molar-refractivity contribution is 0.686. The van der Waals surface area contributed by atoms with Gasteiger partial charge in [0.2, 0.25) is 0 Å². The van der Waals surface area contributed by atoms with E-state index in [1.165, 1.54) is 45.8 Å². The van der Waals surface area contributed by atoms with Crippen molar-refractivity contribution in [1.29, 1.82) is 0 Å². The summed E-state index contributed by atoms with van der Waals surface area (Å²) in [7, 11) is 2.15. The highest BCUT2D eigenvalue weighted by atomic mass is 14.5. The van der Waals surface area contributed by atoms with Gasteiger partial charge in [-0.2, -0.15) is 0 Å². The fourth-order valence-corrected chi connectivity index (χ4v) is 3.10. The Balaban J connectivity index is 1.83. The van der Waals surface area contributed by atoms with Crippen LogP contribution in [0.2, 0.25) is 0 Å². The summed E-state index contributed by atoms with van der Waals surface area (Å²) < 4.78 is 0. The van der Waals surface area contributed by atoms with Gasteiger partial charge >= 0.3 is 0 Å². The zero-order valence-corrected chi connectivity index (χ0v) is 13.9. The molecule has 3 aromatic rings. The first kappa shape index (κ1) is 15.8. The van der Waals surface area contributed by atoms with E-state index < -0.39 is 0 Å². The van der Waals surface area contributed by atoms with Crippen molar-refractivity contribution in [3.63, 3.8) is 0 Å². The highest BCUT2D eigenvalue weighted by Crippen LogP contribution is 2.25. The number of unbranched alkanes of at least 4 members (excludes halogenated alkanes) is 2. The van der Waals surface area contributed by atoms with Crippen molar-refractivity contribution in [2.45, 2.75) is 25.7 Å². The molecule has 0 amide bonds. The Labute approximate surface area is 139 Å². The SMILES string of the molecule is Bc1ccc2ccc(-c3cccc(CCCCCN)c3)cc2c1. The Morgan fingerprint density at radius 1 is 0.739 bits per heavy atom. The quantitative estimate of drug-likeness (QED) is 0.548. The number of benzene rings is 3. The third-order valence-corrected chi connectivity index (χ3v) is 4.43. The van der Waals surface area contributed by atoms with Crippen molar-refractivity contribution in [3.05, 3.63) is 66.2 Å². The summed E-state index contributed by atoms with van der Waals surface area (Å²) in [5.74, 6) is 0. The van der Waals surface area contributed by atoms with Crippen molar-refractivity contribution >= 4 is 24.1 Å². The molecule has 0 saturated heterocycles. The summed E-state index contributed by atoms with van der Waals surface area (Å²) in [6, 6.07) is 22.3. The molecule has 0 radical (unpaired) electrons. The molecule has 0 aliphatic rings. The molecule has 0 aliphatic heterocycles. The van der Waals surface area contributed by atoms with Crippen LogP contribution in [0.4, 0.5) is 0 Å². The molecular formula is C21H24BN. The van der Waals surface area contributed by atoms with Crippen molar-refractivity contribution < 1.29 is 0 Å². The first-order valence-corrected chi connectivity index (χ1v) is 8.56. The molecule has 0 spiro atoms. The second-order valence-electron chi connectivity index (χ2n) is 6.37. The van der Waals surface area contributed by atoms with Gasteiger partial charge in [0, 0.05) is 0 Å². The third-order valence-electron chi connectivity index (χ3n) is 4.43. The first-order chi connectivity index (χ1) is 11.3. The van der Waals surface area contributed by atoms with E-state index in [1.807, 2.05) is 0 Å². The van der Waals surface area contributed by atoms with Crippen molar-refractivity contribution in [3.8, 4) is 11.1 Å². The van der Waals surface area contributed by atoms with Gasteiger partial charge in [0.25, 0.3) is 0 Å². The van der Waals surface area contributed by atoms with Crippen molar-refractivity contribution in [1.82, 2.24) is 0 Å². The molecule has 0 heterocycles. The number of aryl methyl sites for hydroxylation is 1. The summed E-state index contributed by atoms with van der Waals surface area (Å²) in [6.45, 7) is 0.802. The van der Waals surface area contributed by atoms with Gasteiger partial charge in [-0.1, -0.05) is 66.5 Å². The van der Waals surface area contributed by atoms with Gasteiger partial charge in [0.05, 0.1) is 0 Å². The predicted octanol–water partition coefficient (Wildman–Crippen LogP) is 3.44. The summed E-state index contributed by atoms with van der Waals surface area (Å²) in [4.78, 5) is 0. The van der Waals surface area contributed by atoms with Crippen LogP contribution in [0.5, 0.6) is 0 Å². The maximum absolute atomic E-state index is 5.56. The molecule has 0 bridgehead atoms.